The smallest absolute Gasteiger partial charge is 0.191 e. The summed E-state index contributed by atoms with van der Waals surface area (Å²) in [5, 5.41) is 6.84. The molecule has 142 valence electrons. The van der Waals surface area contributed by atoms with Gasteiger partial charge in [0.15, 0.2) is 5.96 Å². The summed E-state index contributed by atoms with van der Waals surface area (Å²) in [6.45, 7) is 16.2. The topological polar surface area (TPSA) is 58.1 Å². The van der Waals surface area contributed by atoms with E-state index in [1.165, 1.54) is 0 Å². The van der Waals surface area contributed by atoms with E-state index in [2.05, 4.69) is 48.2 Å². The molecule has 2 unspecified atom stereocenters. The summed E-state index contributed by atoms with van der Waals surface area (Å²) in [5.74, 6) is 0.869. The van der Waals surface area contributed by atoms with Gasteiger partial charge in [0.2, 0.25) is 0 Å². The van der Waals surface area contributed by atoms with Crippen molar-refractivity contribution in [3.63, 3.8) is 0 Å². The molecular weight excluding hydrogens is 304 g/mol. The number of nitrogens with zero attached hydrogens (tertiary/aromatic N) is 2. The van der Waals surface area contributed by atoms with Gasteiger partial charge in [0.05, 0.1) is 12.2 Å². The molecule has 1 saturated heterocycles. The van der Waals surface area contributed by atoms with Crippen molar-refractivity contribution in [3.8, 4) is 0 Å². The molecule has 0 spiro atoms. The molecule has 1 fully saturated rings. The normalized spacial score (nSPS) is 23.3. The molecule has 2 atom stereocenters. The Morgan fingerprint density at radius 3 is 2.46 bits per heavy atom. The number of unbranched alkanes of at least 4 members (excludes halogenated alkanes) is 1. The molecule has 0 saturated carbocycles. The van der Waals surface area contributed by atoms with Gasteiger partial charge in [0.25, 0.3) is 0 Å². The summed E-state index contributed by atoms with van der Waals surface area (Å²) >= 11 is 0. The molecule has 1 aliphatic heterocycles. The molecule has 1 rings (SSSR count). The number of nitrogens with one attached hydrogen (secondary N) is 2. The minimum absolute atomic E-state index is 0.0545. The van der Waals surface area contributed by atoms with Gasteiger partial charge >= 0.3 is 0 Å². The number of guanidine groups is 1. The van der Waals surface area contributed by atoms with Gasteiger partial charge in [-0.1, -0.05) is 0 Å². The monoisotopic (exact) mass is 342 g/mol. The average molecular weight is 343 g/mol. The maximum Gasteiger partial charge on any atom is 0.191 e. The highest BCUT2D eigenvalue weighted by atomic mass is 16.5. The van der Waals surface area contributed by atoms with Crippen LogP contribution in [0.15, 0.2) is 4.99 Å². The van der Waals surface area contributed by atoms with Crippen LogP contribution >= 0.6 is 0 Å². The number of hydrogen-bond acceptors (Lipinski definition) is 4. The molecule has 6 nitrogen and oxygen atoms in total. The van der Waals surface area contributed by atoms with Crippen molar-refractivity contribution in [2.75, 3.05) is 46.4 Å². The second kappa shape index (κ2) is 10.9. The van der Waals surface area contributed by atoms with E-state index in [-0.39, 0.29) is 17.7 Å². The first-order valence-corrected chi connectivity index (χ1v) is 9.31. The summed E-state index contributed by atoms with van der Waals surface area (Å²) in [6.07, 6.45) is 2.74. The van der Waals surface area contributed by atoms with Crippen LogP contribution in [0.25, 0.3) is 0 Å². The lowest BCUT2D eigenvalue weighted by Crippen LogP contribution is -2.59. The van der Waals surface area contributed by atoms with E-state index >= 15 is 0 Å². The zero-order valence-corrected chi connectivity index (χ0v) is 16.5. The molecule has 0 bridgehead atoms. The van der Waals surface area contributed by atoms with Gasteiger partial charge in [0, 0.05) is 52.0 Å². The van der Waals surface area contributed by atoms with Crippen LogP contribution in [0.5, 0.6) is 0 Å². The van der Waals surface area contributed by atoms with Gasteiger partial charge < -0.3 is 20.1 Å². The summed E-state index contributed by atoms with van der Waals surface area (Å²) in [4.78, 5) is 6.83. The first-order chi connectivity index (χ1) is 11.4. The Balaban J connectivity index is 2.33. The van der Waals surface area contributed by atoms with Crippen molar-refractivity contribution >= 4 is 5.96 Å². The van der Waals surface area contributed by atoms with Gasteiger partial charge in [-0.15, -0.1) is 0 Å². The Morgan fingerprint density at radius 1 is 1.21 bits per heavy atom. The van der Waals surface area contributed by atoms with E-state index in [9.17, 15) is 0 Å². The zero-order chi connectivity index (χ0) is 18.0. The van der Waals surface area contributed by atoms with Crippen LogP contribution in [0.1, 0.15) is 47.5 Å². The highest BCUT2D eigenvalue weighted by Crippen LogP contribution is 2.20. The lowest BCUT2D eigenvalue weighted by atomic mass is 10.00. The molecule has 0 radical (unpaired) electrons. The average Bonchev–Trinajstić information content (AvgIpc) is 2.52. The van der Waals surface area contributed by atoms with Gasteiger partial charge in [-0.2, -0.15) is 0 Å². The van der Waals surface area contributed by atoms with Crippen molar-refractivity contribution < 1.29 is 9.47 Å². The molecule has 6 heteroatoms. The van der Waals surface area contributed by atoms with Crippen molar-refractivity contribution in [1.82, 2.24) is 15.5 Å². The molecule has 0 aromatic rings. The van der Waals surface area contributed by atoms with Crippen molar-refractivity contribution in [2.45, 2.75) is 65.2 Å². The van der Waals surface area contributed by atoms with Crippen LogP contribution in [-0.2, 0) is 9.47 Å². The first-order valence-electron chi connectivity index (χ1n) is 9.31. The summed E-state index contributed by atoms with van der Waals surface area (Å²) in [5.41, 5.74) is 0.0545. The highest BCUT2D eigenvalue weighted by Gasteiger charge is 2.33. The number of hydrogen-bond donors (Lipinski definition) is 2. The Kier molecular flexibility index (Phi) is 9.63. The second-order valence-electron chi connectivity index (χ2n) is 7.23. The van der Waals surface area contributed by atoms with Crippen molar-refractivity contribution in [2.24, 2.45) is 4.99 Å². The number of ether oxygens (including phenoxy) is 2. The predicted molar refractivity (Wildman–Crippen MR) is 101 cm³/mol. The first kappa shape index (κ1) is 21.2. The molecule has 0 amide bonds. The SMILES string of the molecule is CCOCCCCNC(=NC)NCC(C)(C)N1CC(C)OC(C)C1. The lowest BCUT2D eigenvalue weighted by molar-refractivity contribution is -0.0946. The van der Waals surface area contributed by atoms with Gasteiger partial charge in [-0.05, 0) is 47.5 Å². The van der Waals surface area contributed by atoms with E-state index in [1.807, 2.05) is 14.0 Å². The molecule has 24 heavy (non-hydrogen) atoms. The standard InChI is InChI=1S/C18H38N4O2/c1-7-23-11-9-8-10-20-17(19-6)21-14-18(4,5)22-12-15(2)24-16(3)13-22/h15-16H,7-14H2,1-6H3,(H2,19,20,21). The van der Waals surface area contributed by atoms with Gasteiger partial charge in [0.1, 0.15) is 0 Å². The van der Waals surface area contributed by atoms with E-state index in [0.29, 0.717) is 0 Å². The molecular formula is C18H38N4O2. The molecule has 0 aliphatic carbocycles. The summed E-state index contributed by atoms with van der Waals surface area (Å²) in [7, 11) is 1.82. The molecule has 1 aliphatic rings. The van der Waals surface area contributed by atoms with Crippen LogP contribution in [-0.4, -0.2) is 75.0 Å². The largest absolute Gasteiger partial charge is 0.382 e. The van der Waals surface area contributed by atoms with E-state index < -0.39 is 0 Å². The highest BCUT2D eigenvalue weighted by molar-refractivity contribution is 5.79. The number of aliphatic imine (C=N–C) groups is 1. The zero-order valence-electron chi connectivity index (χ0n) is 16.5. The number of morpholine rings is 1. The van der Waals surface area contributed by atoms with Gasteiger partial charge in [-0.3, -0.25) is 9.89 Å². The fraction of sp³-hybridized carbons (Fsp3) is 0.944. The second-order valence-corrected chi connectivity index (χ2v) is 7.23. The fourth-order valence-electron chi connectivity index (χ4n) is 2.98. The molecule has 1 heterocycles. The molecule has 2 N–H and O–H groups in total. The Bertz CT molecular complexity index is 364. The third-order valence-corrected chi connectivity index (χ3v) is 4.40. The predicted octanol–water partition coefficient (Wildman–Crippen LogP) is 1.86. The maximum atomic E-state index is 5.84. The molecule has 0 aromatic heterocycles. The Labute approximate surface area is 148 Å². The summed E-state index contributed by atoms with van der Waals surface area (Å²) < 4.78 is 11.2. The quantitative estimate of drug-likeness (QED) is 0.380. The minimum atomic E-state index is 0.0545. The van der Waals surface area contributed by atoms with Crippen LogP contribution in [0.2, 0.25) is 0 Å². The Morgan fingerprint density at radius 2 is 1.88 bits per heavy atom. The fourth-order valence-corrected chi connectivity index (χ4v) is 2.98. The maximum absolute atomic E-state index is 5.84. The van der Waals surface area contributed by atoms with Gasteiger partial charge in [-0.25, -0.2) is 0 Å². The third kappa shape index (κ3) is 7.81. The molecule has 0 aromatic carbocycles. The number of rotatable bonds is 9. The third-order valence-electron chi connectivity index (χ3n) is 4.40. The van der Waals surface area contributed by atoms with E-state index in [0.717, 1.165) is 58.2 Å². The van der Waals surface area contributed by atoms with E-state index in [4.69, 9.17) is 9.47 Å². The summed E-state index contributed by atoms with van der Waals surface area (Å²) in [6, 6.07) is 0. The van der Waals surface area contributed by atoms with Crippen LogP contribution in [0.4, 0.5) is 0 Å². The van der Waals surface area contributed by atoms with Crippen LogP contribution in [0, 0.1) is 0 Å². The van der Waals surface area contributed by atoms with Crippen molar-refractivity contribution in [1.29, 1.82) is 0 Å². The Hall–Kier alpha value is -0.850. The lowest BCUT2D eigenvalue weighted by Gasteiger charge is -2.45. The van der Waals surface area contributed by atoms with Crippen molar-refractivity contribution in [3.05, 3.63) is 0 Å². The van der Waals surface area contributed by atoms with Crippen LogP contribution < -0.4 is 10.6 Å². The van der Waals surface area contributed by atoms with E-state index in [1.54, 1.807) is 0 Å². The minimum Gasteiger partial charge on any atom is -0.382 e. The van der Waals surface area contributed by atoms with Crippen LogP contribution in [0.3, 0.4) is 0 Å².